The Kier molecular flexibility index (Phi) is 40.5. The van der Waals surface area contributed by atoms with Crippen LogP contribution in [-0.2, 0) is 32.7 Å². The number of carboxylic acid groups (broad SMARTS) is 1. The van der Waals surface area contributed by atoms with Crippen molar-refractivity contribution >= 4 is 19.8 Å². The van der Waals surface area contributed by atoms with E-state index in [1.54, 1.807) is 0 Å². The number of ether oxygens (including phenoxy) is 2. The molecule has 4 N–H and O–H groups in total. The van der Waals surface area contributed by atoms with Crippen molar-refractivity contribution < 1.29 is 42.7 Å². The van der Waals surface area contributed by atoms with E-state index in [-0.39, 0.29) is 13.0 Å². The summed E-state index contributed by atoms with van der Waals surface area (Å²) in [5.74, 6) is -1.79. The molecular weight excluding hydrogens is 729 g/mol. The van der Waals surface area contributed by atoms with E-state index in [0.29, 0.717) is 13.0 Å². The Hall–Kier alpha value is -1.55. The van der Waals surface area contributed by atoms with Crippen LogP contribution in [0.4, 0.5) is 0 Å². The average Bonchev–Trinajstić information content (AvgIpc) is 3.18. The molecule has 0 aliphatic carbocycles. The summed E-state index contributed by atoms with van der Waals surface area (Å²) in [5, 5.41) is 8.88. The van der Waals surface area contributed by atoms with E-state index in [2.05, 4.69) is 38.2 Å². The van der Waals surface area contributed by atoms with E-state index < -0.39 is 45.1 Å². The second-order valence-electron chi connectivity index (χ2n) is 15.5. The summed E-state index contributed by atoms with van der Waals surface area (Å²) in [7, 11) is -4.61. The quantitative estimate of drug-likeness (QED) is 0.0234. The molecule has 0 aromatic carbocycles. The van der Waals surface area contributed by atoms with Gasteiger partial charge in [0, 0.05) is 13.0 Å². The van der Waals surface area contributed by atoms with Gasteiger partial charge in [0.2, 0.25) is 0 Å². The smallest absolute Gasteiger partial charge is 0.472 e. The zero-order valence-electron chi connectivity index (χ0n) is 36.0. The van der Waals surface area contributed by atoms with Crippen LogP contribution < -0.4 is 5.73 Å². The van der Waals surface area contributed by atoms with Gasteiger partial charge in [0.1, 0.15) is 12.1 Å². The highest BCUT2D eigenvalue weighted by atomic mass is 31.2. The van der Waals surface area contributed by atoms with Crippen LogP contribution in [0.2, 0.25) is 0 Å². The lowest BCUT2D eigenvalue weighted by Gasteiger charge is -2.20. The lowest BCUT2D eigenvalue weighted by molar-refractivity contribution is -0.154. The highest BCUT2D eigenvalue weighted by Crippen LogP contribution is 2.43. The summed E-state index contributed by atoms with van der Waals surface area (Å²) < 4.78 is 33.3. The number of phosphoric ester groups is 1. The summed E-state index contributed by atoms with van der Waals surface area (Å²) in [6, 6.07) is -1.47. The molecule has 0 saturated carbocycles. The van der Waals surface area contributed by atoms with Crippen LogP contribution in [0.25, 0.3) is 0 Å². The fourth-order valence-electron chi connectivity index (χ4n) is 6.37. The fraction of sp³-hybridized carbons (Fsp3) is 0.867. The van der Waals surface area contributed by atoms with E-state index in [1.807, 2.05) is 0 Å². The van der Waals surface area contributed by atoms with Crippen molar-refractivity contribution in [2.45, 2.75) is 225 Å². The lowest BCUT2D eigenvalue weighted by Crippen LogP contribution is -2.34. The Balaban J connectivity index is 4.04. The minimum absolute atomic E-state index is 0.0159. The molecule has 0 rings (SSSR count). The second kappa shape index (κ2) is 41.6. The van der Waals surface area contributed by atoms with Gasteiger partial charge in [0.15, 0.2) is 0 Å². The minimum atomic E-state index is -4.61. The molecule has 0 heterocycles. The number of carboxylic acids is 1. The number of aliphatic carboxylic acids is 1. The molecule has 0 aliphatic heterocycles. The second-order valence-corrected chi connectivity index (χ2v) is 17.0. The van der Waals surface area contributed by atoms with Crippen molar-refractivity contribution in [3.05, 3.63) is 24.3 Å². The van der Waals surface area contributed by atoms with Gasteiger partial charge in [-0.15, -0.1) is 0 Å². The van der Waals surface area contributed by atoms with Crippen LogP contribution in [0.1, 0.15) is 213 Å². The number of hydrogen-bond donors (Lipinski definition) is 3. The largest absolute Gasteiger partial charge is 0.480 e. The zero-order valence-corrected chi connectivity index (χ0v) is 36.9. The van der Waals surface area contributed by atoms with E-state index in [1.165, 1.54) is 128 Å². The Morgan fingerprint density at radius 3 is 1.43 bits per heavy atom. The topological polar surface area (TPSA) is 155 Å². The summed E-state index contributed by atoms with van der Waals surface area (Å²) in [6.07, 6.45) is 45.4. The van der Waals surface area contributed by atoms with E-state index in [9.17, 15) is 19.0 Å². The van der Waals surface area contributed by atoms with Crippen LogP contribution in [-0.4, -0.2) is 60.5 Å². The first-order chi connectivity index (χ1) is 27.2. The fourth-order valence-corrected chi connectivity index (χ4v) is 7.14. The number of nitrogens with two attached hydrogens (primary N) is 1. The molecule has 0 aromatic rings. The SMILES string of the molecule is CCC/C=C\CCCCCCCC(=O)OC(COCCCCCCCCCCCCCC/C=C\CCCCCCCCCC)COP(=O)(O)OCC(N)C(=O)O. The zero-order chi connectivity index (χ0) is 41.2. The number of rotatable bonds is 44. The Labute approximate surface area is 343 Å². The van der Waals surface area contributed by atoms with Crippen molar-refractivity contribution in [2.75, 3.05) is 26.4 Å². The van der Waals surface area contributed by atoms with Crippen molar-refractivity contribution in [1.82, 2.24) is 0 Å². The number of unbranched alkanes of at least 4 members (excludes halogenated alkanes) is 26. The predicted molar refractivity (Wildman–Crippen MR) is 231 cm³/mol. The van der Waals surface area contributed by atoms with Crippen molar-refractivity contribution in [3.63, 3.8) is 0 Å². The van der Waals surface area contributed by atoms with Gasteiger partial charge in [-0.2, -0.15) is 0 Å². The summed E-state index contributed by atoms with van der Waals surface area (Å²) in [4.78, 5) is 33.4. The Morgan fingerprint density at radius 2 is 0.964 bits per heavy atom. The molecule has 0 radical (unpaired) electrons. The third-order valence-electron chi connectivity index (χ3n) is 9.93. The monoisotopic (exact) mass is 816 g/mol. The maximum atomic E-state index is 12.6. The summed E-state index contributed by atoms with van der Waals surface area (Å²) in [5.41, 5.74) is 5.35. The number of allylic oxidation sites excluding steroid dienone is 4. The van der Waals surface area contributed by atoms with E-state index in [4.69, 9.17) is 29.4 Å². The van der Waals surface area contributed by atoms with Gasteiger partial charge in [-0.3, -0.25) is 18.6 Å². The van der Waals surface area contributed by atoms with Crippen LogP contribution in [0, 0.1) is 0 Å². The average molecular weight is 816 g/mol. The van der Waals surface area contributed by atoms with Crippen molar-refractivity contribution in [3.8, 4) is 0 Å². The molecule has 330 valence electrons. The molecule has 11 heteroatoms. The van der Waals surface area contributed by atoms with Crippen LogP contribution in [0.5, 0.6) is 0 Å². The normalized spacial score (nSPS) is 14.1. The summed E-state index contributed by atoms with van der Waals surface area (Å²) in [6.45, 7) is 3.82. The first kappa shape index (κ1) is 54.5. The molecule has 10 nitrogen and oxygen atoms in total. The van der Waals surface area contributed by atoms with Gasteiger partial charge >= 0.3 is 19.8 Å². The van der Waals surface area contributed by atoms with Gasteiger partial charge in [-0.25, -0.2) is 4.57 Å². The number of carbonyl (C=O) groups is 2. The Bertz CT molecular complexity index is 993. The predicted octanol–water partition coefficient (Wildman–Crippen LogP) is 12.7. The number of esters is 1. The molecule has 0 amide bonds. The lowest BCUT2D eigenvalue weighted by atomic mass is 10.0. The number of phosphoric acid groups is 1. The van der Waals surface area contributed by atoms with Crippen LogP contribution in [0.3, 0.4) is 0 Å². The molecule has 3 unspecified atom stereocenters. The van der Waals surface area contributed by atoms with Gasteiger partial charge in [0.05, 0.1) is 19.8 Å². The first-order valence-electron chi connectivity index (χ1n) is 22.9. The van der Waals surface area contributed by atoms with Gasteiger partial charge in [-0.05, 0) is 57.8 Å². The molecule has 0 saturated heterocycles. The molecule has 0 bridgehead atoms. The number of carbonyl (C=O) groups excluding carboxylic acids is 1. The van der Waals surface area contributed by atoms with Gasteiger partial charge < -0.3 is 25.2 Å². The van der Waals surface area contributed by atoms with E-state index >= 15 is 0 Å². The molecule has 0 fully saturated rings. The highest BCUT2D eigenvalue weighted by molar-refractivity contribution is 7.47. The minimum Gasteiger partial charge on any atom is -0.480 e. The van der Waals surface area contributed by atoms with Gasteiger partial charge in [0.25, 0.3) is 0 Å². The van der Waals surface area contributed by atoms with Crippen LogP contribution in [0.15, 0.2) is 24.3 Å². The standard InChI is InChI=1S/C45H86NO9P/c1-3-5-7-9-11-13-15-16-17-18-19-20-21-22-23-24-25-26-27-28-30-32-34-36-38-52-39-42(40-53-56(50,51)54-41-43(46)45(48)49)55-44(47)37-35-33-31-29-14-12-10-8-6-4-2/h8,10,18-19,42-43H,3-7,9,11-17,20-41,46H2,1-2H3,(H,48,49)(H,50,51)/b10-8-,19-18-. The van der Waals surface area contributed by atoms with Crippen molar-refractivity contribution in [2.24, 2.45) is 5.73 Å². The molecule has 0 aromatic heterocycles. The molecule has 0 aliphatic rings. The molecular formula is C45H86NO9P. The maximum Gasteiger partial charge on any atom is 0.472 e. The maximum absolute atomic E-state index is 12.6. The van der Waals surface area contributed by atoms with Gasteiger partial charge in [-0.1, -0.05) is 173 Å². The molecule has 3 atom stereocenters. The molecule has 56 heavy (non-hydrogen) atoms. The van der Waals surface area contributed by atoms with Crippen LogP contribution >= 0.6 is 7.82 Å². The van der Waals surface area contributed by atoms with Crippen molar-refractivity contribution in [1.29, 1.82) is 0 Å². The first-order valence-corrected chi connectivity index (χ1v) is 24.4. The number of hydrogen-bond acceptors (Lipinski definition) is 8. The van der Waals surface area contributed by atoms with E-state index in [0.717, 1.165) is 57.8 Å². The third-order valence-corrected chi connectivity index (χ3v) is 10.9. The third kappa shape index (κ3) is 40.6. The highest BCUT2D eigenvalue weighted by Gasteiger charge is 2.27. The summed E-state index contributed by atoms with van der Waals surface area (Å²) >= 11 is 0. The molecule has 0 spiro atoms. The Morgan fingerprint density at radius 1 is 0.554 bits per heavy atom.